The van der Waals surface area contributed by atoms with Gasteiger partial charge < -0.3 is 13.9 Å². The molecule has 0 saturated carbocycles. The molecule has 0 saturated heterocycles. The fraction of sp³-hybridized carbons (Fsp3) is 0.500. The first-order valence-electron chi connectivity index (χ1n) is 6.58. The maximum absolute atomic E-state index is 6.33. The lowest BCUT2D eigenvalue weighted by Gasteiger charge is -2.37. The summed E-state index contributed by atoms with van der Waals surface area (Å²) in [5, 5.41) is 0.0911. The van der Waals surface area contributed by atoms with Gasteiger partial charge in [-0.15, -0.1) is 6.42 Å². The van der Waals surface area contributed by atoms with Crippen LogP contribution in [0.4, 0.5) is 0 Å². The third-order valence-electron chi connectivity index (χ3n) is 3.79. The van der Waals surface area contributed by atoms with E-state index in [4.69, 9.17) is 20.3 Å². The van der Waals surface area contributed by atoms with Gasteiger partial charge in [0.15, 0.2) is 17.2 Å². The zero-order valence-corrected chi connectivity index (χ0v) is 14.5. The van der Waals surface area contributed by atoms with E-state index >= 15 is 0 Å². The Labute approximate surface area is 123 Å². The summed E-state index contributed by atoms with van der Waals surface area (Å²) >= 11 is 0. The lowest BCUT2D eigenvalue weighted by Crippen LogP contribution is -2.44. The summed E-state index contributed by atoms with van der Waals surface area (Å²) in [5.41, 5.74) is 0.710. The Morgan fingerprint density at radius 2 is 1.50 bits per heavy atom. The normalized spacial score (nSPS) is 11.7. The van der Waals surface area contributed by atoms with E-state index in [9.17, 15) is 0 Å². The molecule has 0 aromatic heterocycles. The zero-order chi connectivity index (χ0) is 15.6. The zero-order valence-electron chi connectivity index (χ0n) is 13.5. The second-order valence-corrected chi connectivity index (χ2v) is 10.9. The predicted octanol–water partition coefficient (Wildman–Crippen LogP) is 4.07. The Morgan fingerprint density at radius 1 is 1.05 bits per heavy atom. The molecule has 20 heavy (non-hydrogen) atoms. The third-order valence-corrected chi connectivity index (χ3v) is 8.12. The van der Waals surface area contributed by atoms with Crippen LogP contribution in [0.1, 0.15) is 26.3 Å². The van der Waals surface area contributed by atoms with Crippen LogP contribution in [0, 0.1) is 12.3 Å². The Morgan fingerprint density at radius 3 is 1.80 bits per heavy atom. The number of methoxy groups -OCH3 is 2. The number of ether oxygens (including phenoxy) is 2. The van der Waals surface area contributed by atoms with Crippen molar-refractivity contribution < 1.29 is 13.9 Å². The number of hydrogen-bond donors (Lipinski definition) is 0. The molecule has 1 aromatic carbocycles. The summed E-state index contributed by atoms with van der Waals surface area (Å²) < 4.78 is 17.2. The number of rotatable bonds is 4. The molecule has 0 amide bonds. The van der Waals surface area contributed by atoms with Gasteiger partial charge in [0.1, 0.15) is 0 Å². The van der Waals surface area contributed by atoms with Crippen LogP contribution in [-0.4, -0.2) is 22.5 Å². The van der Waals surface area contributed by atoms with Crippen LogP contribution in [0.3, 0.4) is 0 Å². The molecule has 3 nitrogen and oxygen atoms in total. The highest BCUT2D eigenvalue weighted by Gasteiger charge is 2.40. The summed E-state index contributed by atoms with van der Waals surface area (Å²) in [6, 6.07) is 3.59. The number of terminal acetylenes is 1. The van der Waals surface area contributed by atoms with Crippen molar-refractivity contribution in [3.8, 4) is 29.6 Å². The van der Waals surface area contributed by atoms with Crippen molar-refractivity contribution in [3.05, 3.63) is 17.7 Å². The number of benzene rings is 1. The largest absolute Gasteiger partial charge is 0.539 e. The monoisotopic (exact) mass is 292 g/mol. The Kier molecular flexibility index (Phi) is 4.77. The summed E-state index contributed by atoms with van der Waals surface area (Å²) in [4.78, 5) is 0. The minimum atomic E-state index is -1.98. The van der Waals surface area contributed by atoms with Crippen molar-refractivity contribution in [3.63, 3.8) is 0 Å². The average molecular weight is 292 g/mol. The molecule has 0 radical (unpaired) electrons. The highest BCUT2D eigenvalue weighted by atomic mass is 28.4. The van der Waals surface area contributed by atoms with E-state index in [-0.39, 0.29) is 5.04 Å². The van der Waals surface area contributed by atoms with Gasteiger partial charge in [-0.3, -0.25) is 0 Å². The SMILES string of the molecule is C#Cc1cc(OC)c(O[Si](C)(C)C(C)(C)C)c(OC)c1. The minimum absolute atomic E-state index is 0.0911. The quantitative estimate of drug-likeness (QED) is 0.618. The molecule has 0 aliphatic heterocycles. The van der Waals surface area contributed by atoms with Crippen LogP contribution >= 0.6 is 0 Å². The molecule has 0 fully saturated rings. The van der Waals surface area contributed by atoms with E-state index in [2.05, 4.69) is 39.8 Å². The second kappa shape index (κ2) is 5.80. The van der Waals surface area contributed by atoms with E-state index in [1.807, 2.05) is 0 Å². The van der Waals surface area contributed by atoms with Crippen LogP contribution in [0.5, 0.6) is 17.2 Å². The van der Waals surface area contributed by atoms with Gasteiger partial charge in [-0.05, 0) is 30.3 Å². The summed E-state index contributed by atoms with van der Waals surface area (Å²) in [6.45, 7) is 10.9. The molecule has 1 aromatic rings. The average Bonchev–Trinajstić information content (AvgIpc) is 2.37. The summed E-state index contributed by atoms with van der Waals surface area (Å²) in [7, 11) is 1.23. The molecule has 0 bridgehead atoms. The van der Waals surface area contributed by atoms with Gasteiger partial charge >= 0.3 is 0 Å². The van der Waals surface area contributed by atoms with Gasteiger partial charge in [0, 0.05) is 5.56 Å². The van der Waals surface area contributed by atoms with Gasteiger partial charge in [0.2, 0.25) is 0 Å². The molecule has 0 heterocycles. The highest BCUT2D eigenvalue weighted by molar-refractivity contribution is 6.74. The minimum Gasteiger partial charge on any atom is -0.539 e. The first-order chi connectivity index (χ1) is 9.16. The van der Waals surface area contributed by atoms with E-state index in [0.717, 1.165) is 0 Å². The molecule has 0 aliphatic rings. The van der Waals surface area contributed by atoms with Gasteiger partial charge in [-0.25, -0.2) is 0 Å². The van der Waals surface area contributed by atoms with Crippen LogP contribution < -0.4 is 13.9 Å². The van der Waals surface area contributed by atoms with Crippen molar-refractivity contribution in [1.29, 1.82) is 0 Å². The third kappa shape index (κ3) is 3.29. The Balaban J connectivity index is 3.34. The maximum atomic E-state index is 6.33. The topological polar surface area (TPSA) is 27.7 Å². The molecule has 0 atom stereocenters. The van der Waals surface area contributed by atoms with Crippen LogP contribution in [0.2, 0.25) is 18.1 Å². The van der Waals surface area contributed by atoms with Gasteiger partial charge in [-0.1, -0.05) is 26.7 Å². The highest BCUT2D eigenvalue weighted by Crippen LogP contribution is 2.44. The van der Waals surface area contributed by atoms with Crippen LogP contribution in [0.25, 0.3) is 0 Å². The summed E-state index contributed by atoms with van der Waals surface area (Å²) in [5.74, 6) is 4.46. The van der Waals surface area contributed by atoms with Crippen molar-refractivity contribution in [2.45, 2.75) is 38.9 Å². The van der Waals surface area contributed by atoms with Crippen molar-refractivity contribution in [1.82, 2.24) is 0 Å². The van der Waals surface area contributed by atoms with Gasteiger partial charge in [-0.2, -0.15) is 0 Å². The molecule has 0 aliphatic carbocycles. The molecule has 4 heteroatoms. The van der Waals surface area contributed by atoms with Gasteiger partial charge in [0.05, 0.1) is 14.2 Å². The second-order valence-electron chi connectivity index (χ2n) is 6.22. The molecule has 0 N–H and O–H groups in total. The molecular weight excluding hydrogens is 268 g/mol. The van der Waals surface area contributed by atoms with E-state index < -0.39 is 8.32 Å². The van der Waals surface area contributed by atoms with E-state index in [1.54, 1.807) is 26.4 Å². The lowest BCUT2D eigenvalue weighted by atomic mass is 10.2. The molecule has 0 unspecified atom stereocenters. The fourth-order valence-corrected chi connectivity index (χ4v) is 2.49. The van der Waals surface area contributed by atoms with Crippen molar-refractivity contribution in [2.75, 3.05) is 14.2 Å². The Bertz CT molecular complexity index is 496. The maximum Gasteiger partial charge on any atom is 0.250 e. The summed E-state index contributed by atoms with van der Waals surface area (Å²) in [6.07, 6.45) is 5.45. The van der Waals surface area contributed by atoms with Gasteiger partial charge in [0.25, 0.3) is 8.32 Å². The lowest BCUT2D eigenvalue weighted by molar-refractivity contribution is 0.354. The molecule has 0 spiro atoms. The van der Waals surface area contributed by atoms with E-state index in [0.29, 0.717) is 22.8 Å². The number of hydrogen-bond acceptors (Lipinski definition) is 3. The first-order valence-corrected chi connectivity index (χ1v) is 9.48. The standard InChI is InChI=1S/C16H24O3Si/c1-9-12-10-13(17-5)15(14(11-12)18-6)19-20(7,8)16(2,3)4/h1,10-11H,2-8H3. The van der Waals surface area contributed by atoms with E-state index in [1.165, 1.54) is 0 Å². The molecular formula is C16H24O3Si. The van der Waals surface area contributed by atoms with Crippen LogP contribution in [-0.2, 0) is 0 Å². The molecule has 1 rings (SSSR count). The van der Waals surface area contributed by atoms with Crippen LogP contribution in [0.15, 0.2) is 12.1 Å². The molecule has 110 valence electrons. The predicted molar refractivity (Wildman–Crippen MR) is 85.3 cm³/mol. The van der Waals surface area contributed by atoms with Crippen molar-refractivity contribution >= 4 is 8.32 Å². The smallest absolute Gasteiger partial charge is 0.250 e. The first kappa shape index (κ1) is 16.5. The fourth-order valence-electron chi connectivity index (χ4n) is 1.47. The Hall–Kier alpha value is -1.60. The van der Waals surface area contributed by atoms with Crippen molar-refractivity contribution in [2.24, 2.45) is 0 Å².